The number of nitrogens with two attached hydrogens (primary N) is 2. The molecule has 0 bridgehead atoms. The summed E-state index contributed by atoms with van der Waals surface area (Å²) in [6.45, 7) is 3.73. The van der Waals surface area contributed by atoms with Gasteiger partial charge in [-0.25, -0.2) is 26.4 Å². The Hall–Kier alpha value is -4.61. The van der Waals surface area contributed by atoms with Crippen LogP contribution in [0.2, 0.25) is 0 Å². The predicted molar refractivity (Wildman–Crippen MR) is 153 cm³/mol. The van der Waals surface area contributed by atoms with Gasteiger partial charge < -0.3 is 16.0 Å². The first-order valence-electron chi connectivity index (χ1n) is 13.7. The molecule has 214 valence electrons. The summed E-state index contributed by atoms with van der Waals surface area (Å²) in [4.78, 5) is 38.3. The summed E-state index contributed by atoms with van der Waals surface area (Å²) in [5, 5.41) is 22.8. The molecule has 41 heavy (non-hydrogen) atoms. The van der Waals surface area contributed by atoms with Crippen LogP contribution in [0.3, 0.4) is 0 Å². The third kappa shape index (κ3) is 6.59. The molecule has 0 unspecified atom stereocenters. The molecule has 0 aliphatic carbocycles. The summed E-state index contributed by atoms with van der Waals surface area (Å²) >= 11 is 0. The molecule has 14 nitrogen and oxygen atoms in total. The Bertz CT molecular complexity index is 1500. The SMILES string of the molecule is N#CCC(=O)N1CCC(c2nc(Nc3ccc(CN4CCC(/C(N)=N/NN)CC4)cc3)c3c(=O)[nH]ncc3n2)CC1. The number of benzene rings is 1. The third-order valence-corrected chi connectivity index (χ3v) is 7.80. The second-order valence-corrected chi connectivity index (χ2v) is 10.4. The zero-order valence-corrected chi connectivity index (χ0v) is 22.7. The van der Waals surface area contributed by atoms with Crippen LogP contribution in [-0.4, -0.2) is 67.9 Å². The third-order valence-electron chi connectivity index (χ3n) is 7.80. The summed E-state index contributed by atoms with van der Waals surface area (Å²) in [7, 11) is 0. The summed E-state index contributed by atoms with van der Waals surface area (Å²) in [5.74, 6) is 6.91. The number of hydrogen-bond acceptors (Lipinski definition) is 11. The molecule has 5 rings (SSSR count). The Morgan fingerprint density at radius 1 is 1.12 bits per heavy atom. The molecule has 0 atom stereocenters. The average Bonchev–Trinajstić information content (AvgIpc) is 2.99. The van der Waals surface area contributed by atoms with E-state index in [4.69, 9.17) is 21.8 Å². The van der Waals surface area contributed by atoms with Gasteiger partial charge in [-0.2, -0.15) is 15.5 Å². The number of likely N-dealkylation sites (tertiary alicyclic amines) is 2. The number of piperidine rings is 2. The number of aromatic amines is 1. The molecule has 0 saturated carbocycles. The van der Waals surface area contributed by atoms with Crippen LogP contribution < -0.4 is 28.0 Å². The van der Waals surface area contributed by atoms with E-state index in [-0.39, 0.29) is 29.7 Å². The number of carbonyl (C=O) groups is 1. The van der Waals surface area contributed by atoms with Gasteiger partial charge in [0, 0.05) is 37.2 Å². The first-order chi connectivity index (χ1) is 19.9. The topological polar surface area (TPSA) is 207 Å². The molecule has 1 amide bonds. The lowest BCUT2D eigenvalue weighted by Gasteiger charge is -2.31. The lowest BCUT2D eigenvalue weighted by molar-refractivity contribution is -0.131. The number of aromatic nitrogens is 4. The van der Waals surface area contributed by atoms with Gasteiger partial charge in [0.05, 0.1) is 12.3 Å². The van der Waals surface area contributed by atoms with Crippen molar-refractivity contribution in [1.29, 1.82) is 5.26 Å². The number of amides is 1. The smallest absolute Gasteiger partial charge is 0.277 e. The van der Waals surface area contributed by atoms with E-state index in [9.17, 15) is 9.59 Å². The largest absolute Gasteiger partial charge is 0.385 e. The number of hydrazine groups is 1. The molecule has 3 aromatic rings. The van der Waals surface area contributed by atoms with Crippen molar-refractivity contribution >= 4 is 34.2 Å². The first kappa shape index (κ1) is 27.9. The molecule has 2 fully saturated rings. The minimum absolute atomic E-state index is 0.0186. The number of nitriles is 1. The zero-order valence-electron chi connectivity index (χ0n) is 22.7. The van der Waals surface area contributed by atoms with E-state index in [2.05, 4.69) is 48.2 Å². The average molecular weight is 559 g/mol. The van der Waals surface area contributed by atoms with Crippen LogP contribution in [0.4, 0.5) is 11.5 Å². The highest BCUT2D eigenvalue weighted by Crippen LogP contribution is 2.30. The van der Waals surface area contributed by atoms with Crippen LogP contribution in [-0.2, 0) is 11.3 Å². The van der Waals surface area contributed by atoms with Gasteiger partial charge in [-0.3, -0.25) is 14.5 Å². The fourth-order valence-corrected chi connectivity index (χ4v) is 5.50. The highest BCUT2D eigenvalue weighted by atomic mass is 16.2. The number of nitrogens with one attached hydrogen (secondary N) is 3. The Morgan fingerprint density at radius 2 is 1.85 bits per heavy atom. The predicted octanol–water partition coefficient (Wildman–Crippen LogP) is 1.02. The molecule has 0 radical (unpaired) electrons. The summed E-state index contributed by atoms with van der Waals surface area (Å²) in [6, 6.07) is 9.99. The zero-order chi connectivity index (χ0) is 28.8. The van der Waals surface area contributed by atoms with E-state index in [0.717, 1.165) is 38.2 Å². The summed E-state index contributed by atoms with van der Waals surface area (Å²) in [6.07, 6.45) is 4.62. The van der Waals surface area contributed by atoms with E-state index in [1.165, 1.54) is 11.8 Å². The van der Waals surface area contributed by atoms with Crippen LogP contribution in [0, 0.1) is 17.2 Å². The highest BCUT2D eigenvalue weighted by molar-refractivity contribution is 5.89. The number of anilines is 2. The number of rotatable bonds is 8. The van der Waals surface area contributed by atoms with E-state index >= 15 is 0 Å². The van der Waals surface area contributed by atoms with Gasteiger partial charge in [-0.05, 0) is 56.5 Å². The molecular weight excluding hydrogens is 524 g/mol. The fourth-order valence-electron chi connectivity index (χ4n) is 5.50. The number of fused-ring (bicyclic) bond motifs is 1. The maximum Gasteiger partial charge on any atom is 0.277 e. The van der Waals surface area contributed by atoms with Gasteiger partial charge in [-0.15, -0.1) is 0 Å². The number of nitrogens with zero attached hydrogens (tertiary/aromatic N) is 7. The van der Waals surface area contributed by atoms with Crippen molar-refractivity contribution in [2.75, 3.05) is 31.5 Å². The number of hydrazone groups is 1. The molecule has 4 heterocycles. The van der Waals surface area contributed by atoms with Crippen molar-refractivity contribution in [3.05, 3.63) is 52.2 Å². The van der Waals surface area contributed by atoms with Crippen molar-refractivity contribution in [3.8, 4) is 6.07 Å². The Labute approximate surface area is 236 Å². The van der Waals surface area contributed by atoms with Crippen LogP contribution in [0.15, 0.2) is 40.4 Å². The molecule has 2 saturated heterocycles. The minimum Gasteiger partial charge on any atom is -0.385 e. The molecule has 0 spiro atoms. The van der Waals surface area contributed by atoms with Gasteiger partial charge in [-0.1, -0.05) is 12.1 Å². The first-order valence-corrected chi connectivity index (χ1v) is 13.7. The Kier molecular flexibility index (Phi) is 8.66. The second kappa shape index (κ2) is 12.7. The highest BCUT2D eigenvalue weighted by Gasteiger charge is 2.27. The Balaban J connectivity index is 1.28. The maximum atomic E-state index is 12.7. The van der Waals surface area contributed by atoms with Gasteiger partial charge in [0.1, 0.15) is 34.8 Å². The fraction of sp³-hybridized carbons (Fsp3) is 0.444. The number of hydrogen-bond donors (Lipinski definition) is 5. The van der Waals surface area contributed by atoms with E-state index in [0.29, 0.717) is 54.3 Å². The maximum absolute atomic E-state index is 12.7. The van der Waals surface area contributed by atoms with E-state index in [1.54, 1.807) is 4.90 Å². The summed E-state index contributed by atoms with van der Waals surface area (Å²) in [5.41, 5.74) is 10.3. The van der Waals surface area contributed by atoms with Crippen LogP contribution in [0.25, 0.3) is 10.9 Å². The lowest BCUT2D eigenvalue weighted by atomic mass is 9.95. The van der Waals surface area contributed by atoms with Crippen LogP contribution in [0.1, 0.15) is 49.4 Å². The molecular formula is C27H34N12O2. The molecule has 7 N–H and O–H groups in total. The van der Waals surface area contributed by atoms with Gasteiger partial charge >= 0.3 is 0 Å². The standard InChI is InChI=1S/C27H34N12O2/c28-10-5-22(40)39-13-8-19(9-14-39)25-33-21-15-31-36-27(41)23(21)26(34-25)32-20-3-1-17(2-4-20)16-38-11-6-18(7-12-38)24(29)35-37-30/h1-4,15,18-19,37H,5-9,11-14,16,30H2,(H2,29,35)(H,36,41)(H,32,33,34). The van der Waals surface area contributed by atoms with E-state index in [1.807, 2.05) is 18.2 Å². The number of amidine groups is 1. The van der Waals surface area contributed by atoms with Crippen LogP contribution >= 0.6 is 0 Å². The lowest BCUT2D eigenvalue weighted by Crippen LogP contribution is -2.39. The molecule has 2 aromatic heterocycles. The normalized spacial score (nSPS) is 17.4. The van der Waals surface area contributed by atoms with Crippen molar-refractivity contribution < 1.29 is 4.79 Å². The minimum atomic E-state index is -0.374. The van der Waals surface area contributed by atoms with Crippen molar-refractivity contribution in [3.63, 3.8) is 0 Å². The second-order valence-electron chi connectivity index (χ2n) is 10.4. The van der Waals surface area contributed by atoms with Crippen LogP contribution in [0.5, 0.6) is 0 Å². The van der Waals surface area contributed by atoms with Gasteiger partial charge in [0.15, 0.2) is 0 Å². The molecule has 2 aliphatic heterocycles. The van der Waals surface area contributed by atoms with Crippen molar-refractivity contribution in [2.45, 2.75) is 44.6 Å². The van der Waals surface area contributed by atoms with Crippen molar-refractivity contribution in [1.82, 2.24) is 35.5 Å². The van der Waals surface area contributed by atoms with E-state index < -0.39 is 0 Å². The number of H-pyrrole nitrogens is 1. The number of carbonyl (C=O) groups excluding carboxylic acids is 1. The monoisotopic (exact) mass is 558 g/mol. The molecule has 2 aliphatic rings. The molecule has 14 heteroatoms. The Morgan fingerprint density at radius 3 is 2.54 bits per heavy atom. The van der Waals surface area contributed by atoms with Gasteiger partial charge in [0.2, 0.25) is 5.91 Å². The molecule has 1 aromatic carbocycles. The quantitative estimate of drug-likeness (QED) is 0.114. The van der Waals surface area contributed by atoms with Crippen molar-refractivity contribution in [2.24, 2.45) is 22.6 Å². The summed E-state index contributed by atoms with van der Waals surface area (Å²) < 4.78 is 0. The van der Waals surface area contributed by atoms with Gasteiger partial charge in [0.25, 0.3) is 5.56 Å².